The van der Waals surface area contributed by atoms with Crippen molar-refractivity contribution < 1.29 is 9.18 Å². The number of hydrogen-bond donors (Lipinski definition) is 2. The summed E-state index contributed by atoms with van der Waals surface area (Å²) in [6.45, 7) is 16.9. The van der Waals surface area contributed by atoms with E-state index in [9.17, 15) is 9.18 Å². The predicted octanol–water partition coefficient (Wildman–Crippen LogP) is 5.76. The van der Waals surface area contributed by atoms with E-state index in [0.29, 0.717) is 17.5 Å². The maximum absolute atomic E-state index is 14.7. The van der Waals surface area contributed by atoms with Crippen LogP contribution in [-0.4, -0.2) is 55.3 Å². The molecule has 3 N–H and O–H groups in total. The fourth-order valence-corrected chi connectivity index (χ4v) is 6.75. The highest BCUT2D eigenvalue weighted by atomic mass is 19.1. The van der Waals surface area contributed by atoms with Gasteiger partial charge in [0.2, 0.25) is 5.91 Å². The summed E-state index contributed by atoms with van der Waals surface area (Å²) < 4.78 is 14.7. The van der Waals surface area contributed by atoms with Crippen LogP contribution in [0.2, 0.25) is 0 Å². The van der Waals surface area contributed by atoms with Crippen molar-refractivity contribution in [1.29, 1.82) is 0 Å². The number of anilines is 1. The number of carbonyl (C=O) groups is 1. The van der Waals surface area contributed by atoms with E-state index < -0.39 is 5.83 Å². The minimum absolute atomic E-state index is 0.202. The quantitative estimate of drug-likeness (QED) is 0.278. The first-order valence-corrected chi connectivity index (χ1v) is 14.7. The van der Waals surface area contributed by atoms with E-state index in [2.05, 4.69) is 67.7 Å². The Morgan fingerprint density at radius 3 is 2.51 bits per heavy atom. The van der Waals surface area contributed by atoms with Gasteiger partial charge in [-0.15, -0.1) is 0 Å². The van der Waals surface area contributed by atoms with Crippen LogP contribution in [0.4, 0.5) is 10.1 Å². The van der Waals surface area contributed by atoms with Crippen LogP contribution in [0.5, 0.6) is 0 Å². The first kappa shape index (κ1) is 30.9. The molecule has 2 bridgehead atoms. The zero-order valence-corrected chi connectivity index (χ0v) is 25.0. The summed E-state index contributed by atoms with van der Waals surface area (Å²) in [6.07, 6.45) is 7.51. The van der Waals surface area contributed by atoms with Gasteiger partial charge in [-0.3, -0.25) is 9.79 Å². The Bertz CT molecular complexity index is 1060. The Hall–Kier alpha value is -2.67. The monoisotopic (exact) mass is 539 g/mol. The van der Waals surface area contributed by atoms with E-state index in [1.807, 2.05) is 0 Å². The van der Waals surface area contributed by atoms with Gasteiger partial charge in [-0.25, -0.2) is 4.39 Å². The number of halogens is 1. The molecule has 0 radical (unpaired) electrons. The van der Waals surface area contributed by atoms with Gasteiger partial charge in [0.05, 0.1) is 17.7 Å². The van der Waals surface area contributed by atoms with Gasteiger partial charge < -0.3 is 20.9 Å². The zero-order chi connectivity index (χ0) is 28.7. The van der Waals surface area contributed by atoms with E-state index in [4.69, 9.17) is 10.7 Å². The maximum Gasteiger partial charge on any atom is 0.222 e. The first-order chi connectivity index (χ1) is 18.6. The number of allylic oxidation sites excluding steroid dienone is 2. The lowest BCUT2D eigenvalue weighted by Crippen LogP contribution is -2.47. The third kappa shape index (κ3) is 7.71. The van der Waals surface area contributed by atoms with Crippen LogP contribution in [0.1, 0.15) is 70.9 Å². The van der Waals surface area contributed by atoms with Gasteiger partial charge in [-0.1, -0.05) is 38.1 Å². The van der Waals surface area contributed by atoms with Crippen LogP contribution in [0, 0.1) is 24.7 Å². The highest BCUT2D eigenvalue weighted by Gasteiger charge is 2.55. The number of aryl methyl sites for hydroxylation is 2. The lowest BCUT2D eigenvalue weighted by Gasteiger charge is -2.37. The molecule has 7 heteroatoms. The van der Waals surface area contributed by atoms with Gasteiger partial charge in [0.1, 0.15) is 0 Å². The highest BCUT2D eigenvalue weighted by Crippen LogP contribution is 2.51. The largest absolute Gasteiger partial charge is 0.371 e. The van der Waals surface area contributed by atoms with E-state index >= 15 is 0 Å². The van der Waals surface area contributed by atoms with Crippen molar-refractivity contribution in [3.8, 4) is 0 Å². The Labute approximate surface area is 235 Å². The Balaban J connectivity index is 1.69. The molecule has 39 heavy (non-hydrogen) atoms. The topological polar surface area (TPSA) is 74.0 Å². The van der Waals surface area contributed by atoms with Crippen LogP contribution in [0.3, 0.4) is 0 Å². The standard InChI is InChI=1S/C32H50FN5O/c1-8-14-38(15-9-2)28-13-12-22(5)17-24(28)11-10-16-37(7)29-19-25-18-26(29)31(30(25)32(34)39)36-23(6)27(33)20-35-21(3)4/h12-13,17,20,25-26,29-31,35H,3,8-11,14-16,18-19H2,1-2,4-7H3,(H2,34,39). The molecular weight excluding hydrogens is 489 g/mol. The first-order valence-electron chi connectivity index (χ1n) is 14.7. The van der Waals surface area contributed by atoms with E-state index in [1.54, 1.807) is 13.8 Å². The molecule has 2 saturated carbocycles. The SMILES string of the molecule is C=C(C)NC=C(F)C(C)=NC1C2CC(CC2N(C)CCCc2cc(C)ccc2N(CCC)CCC)C1C(N)=O. The number of primary amides is 1. The molecule has 1 amide bonds. The van der Waals surface area contributed by atoms with Crippen molar-refractivity contribution in [3.05, 3.63) is 53.6 Å². The van der Waals surface area contributed by atoms with E-state index in [0.717, 1.165) is 58.2 Å². The van der Waals surface area contributed by atoms with Crippen LogP contribution in [0.25, 0.3) is 0 Å². The average Bonchev–Trinajstić information content (AvgIpc) is 3.46. The van der Waals surface area contributed by atoms with Crippen molar-refractivity contribution in [3.63, 3.8) is 0 Å². The minimum atomic E-state index is -0.442. The molecule has 0 aliphatic heterocycles. The molecular formula is C32H50FN5O. The van der Waals surface area contributed by atoms with Crippen molar-refractivity contribution in [1.82, 2.24) is 10.2 Å². The predicted molar refractivity (Wildman–Crippen MR) is 162 cm³/mol. The normalized spacial score (nSPS) is 24.9. The van der Waals surface area contributed by atoms with Crippen molar-refractivity contribution >= 4 is 17.3 Å². The van der Waals surface area contributed by atoms with Crippen LogP contribution < -0.4 is 16.0 Å². The molecule has 1 aromatic carbocycles. The summed E-state index contributed by atoms with van der Waals surface area (Å²) in [5, 5.41) is 2.80. The van der Waals surface area contributed by atoms with Crippen LogP contribution in [-0.2, 0) is 11.2 Å². The van der Waals surface area contributed by atoms with E-state index in [-0.39, 0.29) is 29.7 Å². The number of benzene rings is 1. The Morgan fingerprint density at radius 1 is 1.21 bits per heavy atom. The molecule has 1 aromatic rings. The second-order valence-corrected chi connectivity index (χ2v) is 11.7. The van der Waals surface area contributed by atoms with Gasteiger partial charge in [0.15, 0.2) is 5.83 Å². The van der Waals surface area contributed by atoms with Crippen molar-refractivity contribution in [2.45, 2.75) is 85.2 Å². The molecule has 2 aliphatic rings. The number of nitrogens with two attached hydrogens (primary N) is 1. The van der Waals surface area contributed by atoms with Gasteiger partial charge in [0, 0.05) is 36.7 Å². The molecule has 0 spiro atoms. The Kier molecular flexibility index (Phi) is 11.2. The molecule has 6 nitrogen and oxygen atoms in total. The maximum atomic E-state index is 14.7. The fourth-order valence-electron chi connectivity index (χ4n) is 6.75. The number of rotatable bonds is 15. The summed E-state index contributed by atoms with van der Waals surface area (Å²) in [4.78, 5) is 22.1. The molecule has 2 aliphatic carbocycles. The number of carbonyl (C=O) groups excluding carboxylic acids is 1. The second-order valence-electron chi connectivity index (χ2n) is 11.7. The smallest absolute Gasteiger partial charge is 0.222 e. The lowest BCUT2D eigenvalue weighted by molar-refractivity contribution is -0.124. The number of hydrogen-bond acceptors (Lipinski definition) is 5. The molecule has 0 saturated heterocycles. The third-order valence-corrected chi connectivity index (χ3v) is 8.48. The van der Waals surface area contributed by atoms with E-state index in [1.165, 1.54) is 23.0 Å². The number of fused-ring (bicyclic) bond motifs is 2. The fraction of sp³-hybridized carbons (Fsp3) is 0.625. The second kappa shape index (κ2) is 14.1. The minimum Gasteiger partial charge on any atom is -0.371 e. The van der Waals surface area contributed by atoms with Gasteiger partial charge in [-0.2, -0.15) is 0 Å². The number of aliphatic imine (C=N–C) groups is 1. The summed E-state index contributed by atoms with van der Waals surface area (Å²) >= 11 is 0. The molecule has 5 atom stereocenters. The van der Waals surface area contributed by atoms with Gasteiger partial charge >= 0.3 is 0 Å². The number of amides is 1. The van der Waals surface area contributed by atoms with Crippen LogP contribution in [0.15, 0.2) is 47.5 Å². The lowest BCUT2D eigenvalue weighted by atomic mass is 9.81. The molecule has 0 aromatic heterocycles. The summed E-state index contributed by atoms with van der Waals surface area (Å²) in [6, 6.07) is 6.91. The molecule has 0 heterocycles. The summed E-state index contributed by atoms with van der Waals surface area (Å²) in [5.74, 6) is -0.668. The summed E-state index contributed by atoms with van der Waals surface area (Å²) in [7, 11) is 2.19. The summed E-state index contributed by atoms with van der Waals surface area (Å²) in [5.41, 5.74) is 10.9. The zero-order valence-electron chi connectivity index (χ0n) is 25.0. The molecule has 2 fully saturated rings. The van der Waals surface area contributed by atoms with Crippen molar-refractivity contribution in [2.24, 2.45) is 28.5 Å². The molecule has 5 unspecified atom stereocenters. The molecule has 216 valence electrons. The Morgan fingerprint density at radius 2 is 1.90 bits per heavy atom. The van der Waals surface area contributed by atoms with Gasteiger partial charge in [-0.05, 0) is 96.4 Å². The van der Waals surface area contributed by atoms with Gasteiger partial charge in [0.25, 0.3) is 0 Å². The average molecular weight is 540 g/mol. The van der Waals surface area contributed by atoms with Crippen molar-refractivity contribution in [2.75, 3.05) is 31.6 Å². The third-order valence-electron chi connectivity index (χ3n) is 8.48. The molecule has 3 rings (SSSR count). The highest BCUT2D eigenvalue weighted by molar-refractivity contribution is 5.96. The van der Waals surface area contributed by atoms with Crippen LogP contribution >= 0.6 is 0 Å². The number of nitrogens with one attached hydrogen (secondary N) is 1. The number of nitrogens with zero attached hydrogens (tertiary/aromatic N) is 3.